The highest BCUT2D eigenvalue weighted by Gasteiger charge is 2.25. The Morgan fingerprint density at radius 2 is 1.45 bits per heavy atom. The quantitative estimate of drug-likeness (QED) is 0.298. The molecule has 0 fully saturated rings. The molecule has 0 amide bonds. The normalized spacial score (nSPS) is 11.9. The maximum atomic E-state index is 13.3. The fourth-order valence-corrected chi connectivity index (χ4v) is 4.82. The second kappa shape index (κ2) is 6.42. The monoisotopic (exact) mass is 408 g/mol. The van der Waals surface area contributed by atoms with E-state index in [1.165, 1.54) is 18.2 Å². The van der Waals surface area contributed by atoms with Crippen LogP contribution in [0, 0.1) is 0 Å². The maximum absolute atomic E-state index is 13.3. The zero-order chi connectivity index (χ0) is 21.2. The molecule has 0 saturated heterocycles. The summed E-state index contributed by atoms with van der Waals surface area (Å²) in [6, 6.07) is 5.12. The van der Waals surface area contributed by atoms with E-state index < -0.39 is 33.2 Å². The maximum Gasteiger partial charge on any atom is 0.201 e. The van der Waals surface area contributed by atoms with E-state index in [9.17, 15) is 29.4 Å². The molecular weight excluding hydrogens is 392 g/mol. The van der Waals surface area contributed by atoms with Gasteiger partial charge in [-0.05, 0) is 24.3 Å². The summed E-state index contributed by atoms with van der Waals surface area (Å²) >= 11 is 1.11. The highest BCUT2D eigenvalue weighted by molar-refractivity contribution is 7.98. The standard InChI is InChI=1S/C22H16O6S/c1-8(2)13-19(26)10-7-12(24)16-17(15(10)21(28)22(13)29-3)18(25)9-5-4-6-11(23)14(9)20(16)27/h4-8,23-24H,1-3H3. The van der Waals surface area contributed by atoms with Crippen LogP contribution in [0.15, 0.2) is 48.3 Å². The largest absolute Gasteiger partial charge is 0.507 e. The van der Waals surface area contributed by atoms with Gasteiger partial charge in [-0.2, -0.15) is 0 Å². The minimum absolute atomic E-state index is 0.0695. The Morgan fingerprint density at radius 3 is 2.07 bits per heavy atom. The number of rotatable bonds is 2. The Balaban J connectivity index is 2.48. The highest BCUT2D eigenvalue weighted by atomic mass is 32.2. The van der Waals surface area contributed by atoms with Crippen LogP contribution in [0.1, 0.15) is 25.3 Å². The molecule has 7 heteroatoms. The number of fused-ring (bicyclic) bond motifs is 4. The molecule has 4 rings (SSSR count). The first-order chi connectivity index (χ1) is 13.7. The second-order valence-electron chi connectivity index (χ2n) is 7.19. The molecule has 0 radical (unpaired) electrons. The Labute approximate surface area is 167 Å². The van der Waals surface area contributed by atoms with E-state index >= 15 is 0 Å². The van der Waals surface area contributed by atoms with E-state index in [1.807, 2.05) is 0 Å². The lowest BCUT2D eigenvalue weighted by molar-refractivity contribution is 0.480. The molecule has 29 heavy (non-hydrogen) atoms. The molecule has 4 aromatic rings. The van der Waals surface area contributed by atoms with Gasteiger partial charge < -0.3 is 10.2 Å². The lowest BCUT2D eigenvalue weighted by Crippen LogP contribution is -2.23. The predicted octanol–water partition coefficient (Wildman–Crippen LogP) is 2.72. The van der Waals surface area contributed by atoms with E-state index in [1.54, 1.807) is 20.1 Å². The van der Waals surface area contributed by atoms with Gasteiger partial charge in [0, 0.05) is 27.1 Å². The van der Waals surface area contributed by atoms with Gasteiger partial charge in [0.2, 0.25) is 10.9 Å². The molecule has 146 valence electrons. The van der Waals surface area contributed by atoms with E-state index in [0.29, 0.717) is 5.56 Å². The lowest BCUT2D eigenvalue weighted by atomic mass is 9.92. The average molecular weight is 408 g/mol. The van der Waals surface area contributed by atoms with E-state index in [2.05, 4.69) is 0 Å². The third-order valence-electron chi connectivity index (χ3n) is 5.22. The summed E-state index contributed by atoms with van der Waals surface area (Å²) in [5.74, 6) is -1.20. The molecule has 4 aromatic carbocycles. The molecule has 0 aliphatic heterocycles. The van der Waals surface area contributed by atoms with Gasteiger partial charge in [0.25, 0.3) is 0 Å². The Bertz CT molecular complexity index is 1560. The predicted molar refractivity (Wildman–Crippen MR) is 116 cm³/mol. The van der Waals surface area contributed by atoms with Gasteiger partial charge in [-0.15, -0.1) is 11.8 Å². The van der Waals surface area contributed by atoms with Crippen LogP contribution < -0.4 is 21.7 Å². The van der Waals surface area contributed by atoms with Gasteiger partial charge in [0.15, 0.2) is 10.9 Å². The van der Waals surface area contributed by atoms with Gasteiger partial charge in [-0.1, -0.05) is 26.0 Å². The van der Waals surface area contributed by atoms with Crippen LogP contribution in [0.3, 0.4) is 0 Å². The molecule has 0 heterocycles. The smallest absolute Gasteiger partial charge is 0.201 e. The van der Waals surface area contributed by atoms with Crippen LogP contribution in [-0.4, -0.2) is 16.5 Å². The number of hydrogen-bond donors (Lipinski definition) is 2. The van der Waals surface area contributed by atoms with Gasteiger partial charge in [-0.3, -0.25) is 19.2 Å². The zero-order valence-corrected chi connectivity index (χ0v) is 16.6. The Kier molecular flexibility index (Phi) is 4.24. The topological polar surface area (TPSA) is 109 Å². The van der Waals surface area contributed by atoms with Crippen LogP contribution in [0.4, 0.5) is 0 Å². The van der Waals surface area contributed by atoms with Crippen LogP contribution in [-0.2, 0) is 0 Å². The average Bonchev–Trinajstić information content (AvgIpc) is 2.67. The zero-order valence-electron chi connectivity index (χ0n) is 15.8. The summed E-state index contributed by atoms with van der Waals surface area (Å²) in [5, 5.41) is 19.4. The fourth-order valence-electron chi connectivity index (χ4n) is 3.98. The second-order valence-corrected chi connectivity index (χ2v) is 8.00. The van der Waals surface area contributed by atoms with Crippen molar-refractivity contribution in [3.8, 4) is 11.5 Å². The molecule has 0 unspecified atom stereocenters. The highest BCUT2D eigenvalue weighted by Crippen LogP contribution is 2.32. The van der Waals surface area contributed by atoms with Crippen molar-refractivity contribution in [1.29, 1.82) is 0 Å². The molecule has 0 spiro atoms. The summed E-state index contributed by atoms with van der Waals surface area (Å²) in [5.41, 5.74) is -2.09. The first-order valence-corrected chi connectivity index (χ1v) is 10.1. The van der Waals surface area contributed by atoms with Gasteiger partial charge >= 0.3 is 0 Å². The van der Waals surface area contributed by atoms with Crippen molar-refractivity contribution in [3.05, 3.63) is 70.7 Å². The van der Waals surface area contributed by atoms with Crippen molar-refractivity contribution in [2.75, 3.05) is 6.26 Å². The number of aromatic hydroxyl groups is 2. The lowest BCUT2D eigenvalue weighted by Gasteiger charge is -2.13. The van der Waals surface area contributed by atoms with Crippen LogP contribution in [0.2, 0.25) is 0 Å². The molecule has 6 nitrogen and oxygen atoms in total. The van der Waals surface area contributed by atoms with E-state index in [4.69, 9.17) is 0 Å². The number of benzene rings is 4. The molecule has 0 saturated carbocycles. The van der Waals surface area contributed by atoms with Crippen LogP contribution >= 0.6 is 11.8 Å². The number of phenolic OH excluding ortho intramolecular Hbond substituents is 2. The Morgan fingerprint density at radius 1 is 0.759 bits per heavy atom. The molecule has 2 N–H and O–H groups in total. The first kappa shape index (κ1) is 19.1. The van der Waals surface area contributed by atoms with Crippen molar-refractivity contribution in [2.24, 2.45) is 0 Å². The molecule has 0 aliphatic carbocycles. The third kappa shape index (κ3) is 2.43. The van der Waals surface area contributed by atoms with Gasteiger partial charge in [0.1, 0.15) is 11.5 Å². The summed E-state index contributed by atoms with van der Waals surface area (Å²) in [6.07, 6.45) is 1.67. The molecule has 0 aliphatic rings. The molecule has 0 atom stereocenters. The number of thioether (sulfide) groups is 1. The number of phenols is 2. The van der Waals surface area contributed by atoms with Crippen molar-refractivity contribution in [2.45, 2.75) is 24.7 Å². The third-order valence-corrected chi connectivity index (χ3v) is 6.04. The van der Waals surface area contributed by atoms with Crippen molar-refractivity contribution in [1.82, 2.24) is 0 Å². The minimum atomic E-state index is -0.766. The summed E-state index contributed by atoms with van der Waals surface area (Å²) in [6.45, 7) is 3.57. The number of hydrogen-bond acceptors (Lipinski definition) is 7. The molecule has 0 bridgehead atoms. The molecular formula is C22H16O6S. The SMILES string of the molecule is CSc1c(C(C)C)c(=O)c2cc(O)c3c(=O)c4c(O)cccc4c(=O)c3c2c1=O. The first-order valence-electron chi connectivity index (χ1n) is 8.89. The summed E-state index contributed by atoms with van der Waals surface area (Å²) in [4.78, 5) is 52.9. The minimum Gasteiger partial charge on any atom is -0.507 e. The van der Waals surface area contributed by atoms with Gasteiger partial charge in [-0.25, -0.2) is 0 Å². The van der Waals surface area contributed by atoms with Crippen LogP contribution in [0.5, 0.6) is 11.5 Å². The summed E-state index contributed by atoms with van der Waals surface area (Å²) in [7, 11) is 0. The van der Waals surface area contributed by atoms with E-state index in [-0.39, 0.29) is 43.1 Å². The van der Waals surface area contributed by atoms with Crippen molar-refractivity contribution < 1.29 is 10.2 Å². The Hall–Kier alpha value is -3.19. The van der Waals surface area contributed by atoms with Gasteiger partial charge in [0.05, 0.1) is 15.7 Å². The summed E-state index contributed by atoms with van der Waals surface area (Å²) < 4.78 is 0. The van der Waals surface area contributed by atoms with Crippen molar-refractivity contribution in [3.63, 3.8) is 0 Å². The molecule has 0 aromatic heterocycles. The fraction of sp³-hybridized carbons (Fsp3) is 0.182. The van der Waals surface area contributed by atoms with Crippen molar-refractivity contribution >= 4 is 44.1 Å². The van der Waals surface area contributed by atoms with Crippen LogP contribution in [0.25, 0.3) is 32.3 Å². The van der Waals surface area contributed by atoms with E-state index in [0.717, 1.165) is 17.8 Å².